The van der Waals surface area contributed by atoms with Crippen molar-refractivity contribution >= 4 is 35.4 Å². The minimum atomic E-state index is -2.05. The quantitative estimate of drug-likeness (QED) is 0.142. The smallest absolute Gasteiger partial charge is 0.332 e. The Labute approximate surface area is 324 Å². The van der Waals surface area contributed by atoms with Gasteiger partial charge in [-0.15, -0.1) is 0 Å². The number of carbonyl (C=O) groups is 6. The number of ether oxygens (including phenoxy) is 7. The molecule has 10 atom stereocenters. The van der Waals surface area contributed by atoms with Crippen molar-refractivity contribution in [3.8, 4) is 0 Å². The lowest BCUT2D eigenvalue weighted by Crippen LogP contribution is -2.66. The van der Waals surface area contributed by atoms with Gasteiger partial charge < -0.3 is 38.3 Å². The molecule has 0 bridgehead atoms. The van der Waals surface area contributed by atoms with Crippen LogP contribution in [-0.4, -0.2) is 111 Å². The molecular formula is C41H62O14. The Balaban J connectivity index is 1.81. The van der Waals surface area contributed by atoms with Gasteiger partial charge >= 0.3 is 23.9 Å². The predicted molar refractivity (Wildman–Crippen MR) is 196 cm³/mol. The zero-order valence-corrected chi connectivity index (χ0v) is 34.7. The number of carbonyl (C=O) groups excluding carboxylic acids is 6. The van der Waals surface area contributed by atoms with Crippen molar-refractivity contribution in [2.45, 2.75) is 130 Å². The van der Waals surface area contributed by atoms with Crippen molar-refractivity contribution in [3.63, 3.8) is 0 Å². The predicted octanol–water partition coefficient (Wildman–Crippen LogP) is 4.11. The van der Waals surface area contributed by atoms with Crippen LogP contribution in [0.5, 0.6) is 0 Å². The van der Waals surface area contributed by atoms with E-state index in [4.69, 9.17) is 33.2 Å². The Morgan fingerprint density at radius 3 is 1.87 bits per heavy atom. The van der Waals surface area contributed by atoms with Gasteiger partial charge in [-0.05, 0) is 69.1 Å². The fourth-order valence-corrected chi connectivity index (χ4v) is 11.1. The van der Waals surface area contributed by atoms with Crippen LogP contribution in [0, 0.1) is 39.4 Å². The molecule has 3 fully saturated rings. The summed E-state index contributed by atoms with van der Waals surface area (Å²) in [6.45, 7) is 14.9. The molecule has 0 unspecified atom stereocenters. The van der Waals surface area contributed by atoms with Crippen molar-refractivity contribution < 1.29 is 67.0 Å². The highest BCUT2D eigenvalue weighted by atomic mass is 16.6. The third-order valence-corrected chi connectivity index (χ3v) is 13.7. The Morgan fingerprint density at radius 2 is 1.35 bits per heavy atom. The van der Waals surface area contributed by atoms with Crippen LogP contribution in [-0.2, 0) is 61.9 Å². The Kier molecular flexibility index (Phi) is 12.9. The van der Waals surface area contributed by atoms with Crippen LogP contribution in [0.4, 0.5) is 0 Å². The molecule has 0 amide bonds. The number of esters is 4. The van der Waals surface area contributed by atoms with Crippen LogP contribution in [0.25, 0.3) is 0 Å². The normalized spacial score (nSPS) is 34.9. The Morgan fingerprint density at radius 1 is 0.818 bits per heavy atom. The number of ketones is 2. The van der Waals surface area contributed by atoms with Crippen LogP contribution < -0.4 is 0 Å². The number of aliphatic hydroxyl groups is 1. The molecule has 0 aromatic heterocycles. The standard InChI is InChI=1S/C41H62O14/c1-23(42)55-36(2,3)16-15-29(43)41(9,48)34-27(53-32(46)21-50-11)18-38(6)28-14-13-24-25(40(28,8)30(44)19-39(34,38)7)17-26(52-31(45)20-49-10)35(37(24,4)5)54-33(47)22-51-12/h13,25-28,34-35,48H,14-22H2,1-12H3/t25-,26+,27-,28+,34+,35-,38+,39-,40+,41+/m1/s1. The number of allylic oxidation sites excluding steroid dienone is 1. The van der Waals surface area contributed by atoms with Gasteiger partial charge in [0.25, 0.3) is 0 Å². The maximum absolute atomic E-state index is 15.1. The fourth-order valence-electron chi connectivity index (χ4n) is 11.1. The Hall–Kier alpha value is -3.20. The van der Waals surface area contributed by atoms with Gasteiger partial charge in [0.1, 0.15) is 55.1 Å². The van der Waals surface area contributed by atoms with Gasteiger partial charge in [0.15, 0.2) is 5.78 Å². The maximum Gasteiger partial charge on any atom is 0.332 e. The zero-order valence-electron chi connectivity index (χ0n) is 34.7. The van der Waals surface area contributed by atoms with Crippen molar-refractivity contribution in [1.29, 1.82) is 0 Å². The molecule has 0 spiro atoms. The van der Waals surface area contributed by atoms with E-state index in [2.05, 4.69) is 13.0 Å². The summed E-state index contributed by atoms with van der Waals surface area (Å²) in [5.41, 5.74) is -5.81. The average molecular weight is 779 g/mol. The second-order valence-electron chi connectivity index (χ2n) is 18.0. The molecule has 4 aliphatic rings. The van der Waals surface area contributed by atoms with Crippen molar-refractivity contribution in [1.82, 2.24) is 0 Å². The molecule has 0 heterocycles. The third-order valence-electron chi connectivity index (χ3n) is 13.7. The van der Waals surface area contributed by atoms with Gasteiger partial charge in [-0.3, -0.25) is 14.4 Å². The van der Waals surface area contributed by atoms with Gasteiger partial charge in [-0.25, -0.2) is 14.4 Å². The first-order valence-electron chi connectivity index (χ1n) is 19.1. The van der Waals surface area contributed by atoms with Crippen molar-refractivity contribution in [3.05, 3.63) is 11.6 Å². The summed E-state index contributed by atoms with van der Waals surface area (Å²) >= 11 is 0. The van der Waals surface area contributed by atoms with E-state index in [0.717, 1.165) is 5.57 Å². The molecular weight excluding hydrogens is 716 g/mol. The van der Waals surface area contributed by atoms with Crippen molar-refractivity contribution in [2.75, 3.05) is 41.2 Å². The molecule has 14 heteroatoms. The molecule has 0 aromatic carbocycles. The van der Waals surface area contributed by atoms with Gasteiger partial charge in [0.2, 0.25) is 0 Å². The summed E-state index contributed by atoms with van der Waals surface area (Å²) in [7, 11) is 4.12. The molecule has 3 saturated carbocycles. The van der Waals surface area contributed by atoms with E-state index in [1.54, 1.807) is 13.8 Å². The molecule has 14 nitrogen and oxygen atoms in total. The first kappa shape index (κ1) is 44.5. The van der Waals surface area contributed by atoms with E-state index in [9.17, 15) is 29.1 Å². The minimum absolute atomic E-state index is 0.0353. The maximum atomic E-state index is 15.1. The number of methoxy groups -OCH3 is 3. The average Bonchev–Trinajstić information content (AvgIpc) is 3.27. The van der Waals surface area contributed by atoms with E-state index in [0.29, 0.717) is 6.42 Å². The summed E-state index contributed by atoms with van der Waals surface area (Å²) < 4.78 is 38.5. The summed E-state index contributed by atoms with van der Waals surface area (Å²) in [4.78, 5) is 79.7. The molecule has 0 aliphatic heterocycles. The molecule has 55 heavy (non-hydrogen) atoms. The van der Waals surface area contributed by atoms with Crippen LogP contribution >= 0.6 is 0 Å². The van der Waals surface area contributed by atoms with Crippen LogP contribution in [0.3, 0.4) is 0 Å². The fraction of sp³-hybridized carbons (Fsp3) is 0.805. The second-order valence-corrected chi connectivity index (χ2v) is 18.0. The van der Waals surface area contributed by atoms with Crippen molar-refractivity contribution in [2.24, 2.45) is 39.4 Å². The number of Topliss-reactive ketones (excluding diaryl/α,β-unsaturated/α-hetero) is 2. The first-order chi connectivity index (χ1) is 25.4. The summed E-state index contributed by atoms with van der Waals surface area (Å²) in [5, 5.41) is 12.4. The van der Waals surface area contributed by atoms with Crippen LogP contribution in [0.1, 0.15) is 101 Å². The van der Waals surface area contributed by atoms with Gasteiger partial charge in [-0.1, -0.05) is 46.3 Å². The lowest BCUT2D eigenvalue weighted by atomic mass is 9.38. The molecule has 0 radical (unpaired) electrons. The largest absolute Gasteiger partial charge is 0.460 e. The van der Waals surface area contributed by atoms with E-state index < -0.39 is 92.7 Å². The number of hydrogen-bond acceptors (Lipinski definition) is 14. The monoisotopic (exact) mass is 778 g/mol. The number of fused-ring (bicyclic) bond motifs is 5. The third kappa shape index (κ3) is 8.02. The molecule has 4 aliphatic carbocycles. The molecule has 4 rings (SSSR count). The minimum Gasteiger partial charge on any atom is -0.460 e. The van der Waals surface area contributed by atoms with Crippen LogP contribution in [0.2, 0.25) is 0 Å². The lowest BCUT2D eigenvalue weighted by Gasteiger charge is -2.65. The number of hydrogen-bond donors (Lipinski definition) is 1. The van der Waals surface area contributed by atoms with E-state index >= 15 is 4.79 Å². The van der Waals surface area contributed by atoms with E-state index in [1.165, 1.54) is 35.2 Å². The lowest BCUT2D eigenvalue weighted by molar-refractivity contribution is -0.200. The molecule has 1 N–H and O–H groups in total. The van der Waals surface area contributed by atoms with Gasteiger partial charge in [-0.2, -0.15) is 0 Å². The van der Waals surface area contributed by atoms with Gasteiger partial charge in [0.05, 0.1) is 0 Å². The molecule has 310 valence electrons. The second kappa shape index (κ2) is 16.0. The summed E-state index contributed by atoms with van der Waals surface area (Å²) in [6.07, 6.45) is 0.198. The summed E-state index contributed by atoms with van der Waals surface area (Å²) in [6, 6.07) is 0. The summed E-state index contributed by atoms with van der Waals surface area (Å²) in [5.74, 6) is -4.81. The van der Waals surface area contributed by atoms with E-state index in [1.807, 2.05) is 27.7 Å². The first-order valence-corrected chi connectivity index (χ1v) is 19.1. The van der Waals surface area contributed by atoms with E-state index in [-0.39, 0.29) is 63.6 Å². The highest BCUT2D eigenvalue weighted by Gasteiger charge is 2.75. The SMILES string of the molecule is COCC(=O)O[C@H]1C[C@@H]2C(=CC[C@@H]3[C@@]2(C)C(=O)C[C@]2(C)[C@@H]([C@@](C)(O)C(=O)CCC(C)(C)OC(C)=O)[C@H](OC(=O)COC)C[C@@]32C)C(C)(C)[C@@H]1OC(=O)COC. The zero-order chi connectivity index (χ0) is 41.5. The molecule has 0 saturated heterocycles. The topological polar surface area (TPSA) is 187 Å². The Bertz CT molecular complexity index is 1560. The molecule has 0 aromatic rings. The highest BCUT2D eigenvalue weighted by molar-refractivity contribution is 5.90. The number of rotatable bonds is 15. The van der Waals surface area contributed by atoms with Gasteiger partial charge in [0, 0.05) is 57.8 Å². The highest BCUT2D eigenvalue weighted by Crippen LogP contribution is 2.74. The van der Waals surface area contributed by atoms with Crippen LogP contribution in [0.15, 0.2) is 11.6 Å².